The van der Waals surface area contributed by atoms with Gasteiger partial charge in [-0.1, -0.05) is 97.1 Å². The SMILES string of the molecule is [Zn].c1ccc2c(c1)C1=N/C2=N\c2[n-]c(c3ccccc23)/N=c2\[n-]c(c3ccccc23)=[N+]=c2[n-]c(c3ccccc23)=N1. The first-order valence-corrected chi connectivity index (χ1v) is 12.9. The van der Waals surface area contributed by atoms with E-state index in [9.17, 15) is 0 Å². The average Bonchev–Trinajstić information content (AvgIpc) is 3.73. The number of nitrogens with zero attached hydrogens (tertiary/aromatic N) is 8. The molecule has 0 fully saturated rings. The van der Waals surface area contributed by atoms with Crippen LogP contribution in [0.3, 0.4) is 0 Å². The van der Waals surface area contributed by atoms with Crippen molar-refractivity contribution >= 4 is 55.6 Å². The van der Waals surface area contributed by atoms with Crippen LogP contribution >= 0.6 is 0 Å². The second-order valence-electron chi connectivity index (χ2n) is 9.67. The summed E-state index contributed by atoms with van der Waals surface area (Å²) in [6.45, 7) is 0. The summed E-state index contributed by atoms with van der Waals surface area (Å²) in [7, 11) is 0. The Hall–Kier alpha value is -5.23. The number of rotatable bonds is 0. The van der Waals surface area contributed by atoms with E-state index in [0.717, 1.165) is 43.4 Å². The molecule has 0 N–H and O–H groups in total. The van der Waals surface area contributed by atoms with Crippen LogP contribution in [-0.4, -0.2) is 11.7 Å². The normalized spacial score (nSPS) is 15.5. The van der Waals surface area contributed by atoms with E-state index in [2.05, 4.69) is 0 Å². The molecule has 0 atom stereocenters. The van der Waals surface area contributed by atoms with Crippen molar-refractivity contribution in [3.8, 4) is 0 Å². The largest absolute Gasteiger partial charge is 0.501 e. The number of hydrogen-bond acceptors (Lipinski definition) is 4. The van der Waals surface area contributed by atoms with E-state index in [0.29, 0.717) is 45.3 Å². The Kier molecular flexibility index (Phi) is 5.13. The van der Waals surface area contributed by atoms with Crippen LogP contribution in [0.4, 0.5) is 11.6 Å². The molecule has 7 aromatic rings. The fourth-order valence-corrected chi connectivity index (χ4v) is 5.46. The van der Waals surface area contributed by atoms with Gasteiger partial charge in [0.15, 0.2) is 5.84 Å². The van der Waals surface area contributed by atoms with Crippen LogP contribution in [0.25, 0.3) is 32.3 Å². The summed E-state index contributed by atoms with van der Waals surface area (Å²) in [5.74, 6) is 2.21. The zero-order chi connectivity index (χ0) is 26.2. The van der Waals surface area contributed by atoms with Crippen molar-refractivity contribution in [1.82, 2.24) is 19.6 Å². The van der Waals surface area contributed by atoms with Crippen molar-refractivity contribution in [2.45, 2.75) is 0 Å². The van der Waals surface area contributed by atoms with Gasteiger partial charge in [-0.2, -0.15) is 0 Å². The van der Waals surface area contributed by atoms with Gasteiger partial charge in [0.05, 0.1) is 33.6 Å². The fraction of sp³-hybridized carbons (Fsp3) is 0. The molecule has 0 radical (unpaired) electrons. The second-order valence-corrected chi connectivity index (χ2v) is 9.67. The van der Waals surface area contributed by atoms with Gasteiger partial charge in [0.1, 0.15) is 0 Å². The Labute approximate surface area is 244 Å². The molecule has 8 bridgehead atoms. The first-order chi connectivity index (χ1) is 19.8. The standard InChI is InChI=1S/C32H16N8.Zn/c1-2-10-18-17(9-1)25-33-26(18)38-28-21-13-5-6-14-22(21)30(35-28)40-32-24-16-8-7-15-23(24)31(36-32)39-29-20-12-4-3-11-19(20)27(34-29)37-25;/h1-16H;/q-2;. The maximum atomic E-state index is 4.95. The molecule has 9 rings (SSSR count). The van der Waals surface area contributed by atoms with Crippen LogP contribution in [0.15, 0.2) is 117 Å². The zero-order valence-corrected chi connectivity index (χ0v) is 24.5. The van der Waals surface area contributed by atoms with Gasteiger partial charge < -0.3 is 24.6 Å². The zero-order valence-electron chi connectivity index (χ0n) is 21.5. The minimum atomic E-state index is 0. The fourth-order valence-electron chi connectivity index (χ4n) is 5.46. The molecule has 2 aliphatic heterocycles. The first kappa shape index (κ1) is 23.6. The smallest absolute Gasteiger partial charge is 0.161 e. The van der Waals surface area contributed by atoms with Gasteiger partial charge in [0, 0.05) is 63.4 Å². The third kappa shape index (κ3) is 3.54. The van der Waals surface area contributed by atoms with E-state index in [1.165, 1.54) is 0 Å². The molecule has 0 amide bonds. The third-order valence-electron chi connectivity index (χ3n) is 7.33. The van der Waals surface area contributed by atoms with Crippen molar-refractivity contribution in [1.29, 1.82) is 0 Å². The summed E-state index contributed by atoms with van der Waals surface area (Å²) in [5, 5.41) is 5.36. The Bertz CT molecular complexity index is 2540. The van der Waals surface area contributed by atoms with E-state index >= 15 is 0 Å². The summed E-state index contributed by atoms with van der Waals surface area (Å²) in [6, 6.07) is 31.8. The summed E-state index contributed by atoms with van der Waals surface area (Å²) >= 11 is 0. The monoisotopic (exact) mass is 576 g/mol. The average molecular weight is 578 g/mol. The topological polar surface area (TPSA) is 106 Å². The predicted octanol–water partition coefficient (Wildman–Crippen LogP) is 2.44. The Morgan fingerprint density at radius 1 is 0.415 bits per heavy atom. The van der Waals surface area contributed by atoms with E-state index < -0.39 is 0 Å². The number of fused-ring (bicyclic) bond motifs is 19. The number of aromatic nitrogens is 3. The van der Waals surface area contributed by atoms with Crippen molar-refractivity contribution in [2.24, 2.45) is 20.0 Å². The van der Waals surface area contributed by atoms with Crippen molar-refractivity contribution < 1.29 is 19.5 Å². The van der Waals surface area contributed by atoms with Crippen LogP contribution in [0.5, 0.6) is 0 Å². The van der Waals surface area contributed by atoms with E-state index in [1.54, 1.807) is 0 Å². The number of amidine groups is 2. The van der Waals surface area contributed by atoms with Gasteiger partial charge in [-0.05, 0) is 5.39 Å². The molecular weight excluding hydrogens is 562 g/mol. The molecule has 0 saturated carbocycles. The third-order valence-corrected chi connectivity index (χ3v) is 7.33. The predicted molar refractivity (Wildman–Crippen MR) is 153 cm³/mol. The quantitative estimate of drug-likeness (QED) is 0.204. The maximum Gasteiger partial charge on any atom is 0.161 e. The molecule has 41 heavy (non-hydrogen) atoms. The van der Waals surface area contributed by atoms with Crippen LogP contribution < -0.4 is 41.6 Å². The van der Waals surface area contributed by atoms with Gasteiger partial charge in [0.2, 0.25) is 0 Å². The molecule has 5 heterocycles. The number of benzene rings is 4. The molecule has 9 heteroatoms. The Morgan fingerprint density at radius 2 is 0.854 bits per heavy atom. The van der Waals surface area contributed by atoms with Crippen LogP contribution in [0, 0.1) is 0 Å². The van der Waals surface area contributed by atoms with Gasteiger partial charge in [-0.15, -0.1) is 0 Å². The summed E-state index contributed by atoms with van der Waals surface area (Å²) in [4.78, 5) is 34.3. The number of aliphatic imine (C=N–C) groups is 2. The van der Waals surface area contributed by atoms with Gasteiger partial charge in [-0.25, -0.2) is 15.0 Å². The summed E-state index contributed by atoms with van der Waals surface area (Å²) < 4.78 is 4.95. The van der Waals surface area contributed by atoms with Crippen molar-refractivity contribution in [2.75, 3.05) is 0 Å². The second kappa shape index (κ2) is 8.90. The summed E-state index contributed by atoms with van der Waals surface area (Å²) in [5.41, 5.74) is 3.99. The molecule has 4 aromatic carbocycles. The van der Waals surface area contributed by atoms with Crippen LogP contribution in [0.1, 0.15) is 11.1 Å². The van der Waals surface area contributed by atoms with Gasteiger partial charge in [0.25, 0.3) is 0 Å². The van der Waals surface area contributed by atoms with Gasteiger partial charge in [-0.3, -0.25) is 0 Å². The number of hydrogen-bond donors (Lipinski definition) is 0. The molecule has 0 saturated heterocycles. The Morgan fingerprint density at radius 3 is 1.44 bits per heavy atom. The minimum Gasteiger partial charge on any atom is -0.501 e. The van der Waals surface area contributed by atoms with Crippen molar-refractivity contribution in [3.05, 3.63) is 130 Å². The van der Waals surface area contributed by atoms with Crippen LogP contribution in [0.2, 0.25) is 0 Å². The first-order valence-electron chi connectivity index (χ1n) is 12.9. The Balaban J connectivity index is 0.00000256. The molecule has 0 spiro atoms. The minimum absolute atomic E-state index is 0. The van der Waals surface area contributed by atoms with E-state index in [-0.39, 0.29) is 19.5 Å². The van der Waals surface area contributed by atoms with Crippen LogP contribution in [-0.2, 0) is 19.5 Å². The van der Waals surface area contributed by atoms with Crippen molar-refractivity contribution in [3.63, 3.8) is 0 Å². The maximum absolute atomic E-state index is 4.95. The van der Waals surface area contributed by atoms with E-state index in [4.69, 9.17) is 39.6 Å². The summed E-state index contributed by atoms with van der Waals surface area (Å²) in [6.07, 6.45) is 0. The molecule has 0 aliphatic carbocycles. The molecule has 188 valence electrons. The van der Waals surface area contributed by atoms with E-state index in [1.807, 2.05) is 97.1 Å². The molecule has 8 nitrogen and oxygen atoms in total. The van der Waals surface area contributed by atoms with Gasteiger partial charge >= 0.3 is 0 Å². The molecular formula is C32H16N8Zn-2. The molecule has 3 aromatic heterocycles. The molecule has 0 unspecified atom stereocenters. The molecule has 2 aliphatic rings.